The molecule has 0 aliphatic heterocycles. The second kappa shape index (κ2) is 12.1. The molecule has 1 atom stereocenters. The van der Waals surface area contributed by atoms with Crippen molar-refractivity contribution in [2.45, 2.75) is 99.8 Å². The van der Waals surface area contributed by atoms with Crippen LogP contribution in [0.5, 0.6) is 0 Å². The molecule has 0 saturated heterocycles. The van der Waals surface area contributed by atoms with E-state index in [9.17, 15) is 0 Å². The predicted molar refractivity (Wildman–Crippen MR) is 155 cm³/mol. The Morgan fingerprint density at radius 2 is 1.27 bits per heavy atom. The van der Waals surface area contributed by atoms with E-state index in [2.05, 4.69) is 132 Å². The Bertz CT molecular complexity index is 1320. The maximum Gasteiger partial charge on any atom is -1.00 e. The van der Waals surface area contributed by atoms with Gasteiger partial charge < -0.3 is 24.8 Å². The summed E-state index contributed by atoms with van der Waals surface area (Å²) in [5.41, 5.74) is 7.64. The minimum absolute atomic E-state index is 0. The van der Waals surface area contributed by atoms with Gasteiger partial charge >= 0.3 is 41.3 Å². The van der Waals surface area contributed by atoms with Gasteiger partial charge in [0.2, 0.25) is 0 Å². The Balaban J connectivity index is 0.00000107. The van der Waals surface area contributed by atoms with E-state index >= 15 is 0 Å². The van der Waals surface area contributed by atoms with Gasteiger partial charge in [0.1, 0.15) is 0 Å². The quantitative estimate of drug-likeness (QED) is 0.362. The van der Waals surface area contributed by atoms with E-state index in [1.165, 1.54) is 52.6 Å². The molecule has 200 valence electrons. The van der Waals surface area contributed by atoms with Gasteiger partial charge in [0.05, 0.1) is 0 Å². The number of allylic oxidation sites excluding steroid dienone is 4. The van der Waals surface area contributed by atoms with Crippen LogP contribution in [0.15, 0.2) is 59.7 Å². The maximum absolute atomic E-state index is 2.51. The second-order valence-electron chi connectivity index (χ2n) is 13.7. The monoisotopic (exact) mass is 613 g/mol. The fourth-order valence-electron chi connectivity index (χ4n) is 4.78. The Kier molecular flexibility index (Phi) is 11.2. The normalized spacial score (nSPS) is 15.9. The summed E-state index contributed by atoms with van der Waals surface area (Å²) in [7, 11) is 0. The van der Waals surface area contributed by atoms with Gasteiger partial charge in [-0.2, -0.15) is 0 Å². The van der Waals surface area contributed by atoms with Crippen LogP contribution in [0.25, 0.3) is 21.5 Å². The van der Waals surface area contributed by atoms with Gasteiger partial charge in [-0.25, -0.2) is 0 Å². The first-order chi connectivity index (χ1) is 15.9. The summed E-state index contributed by atoms with van der Waals surface area (Å²) in [5.74, 6) is 0.359. The zero-order valence-corrected chi connectivity index (χ0v) is 28.9. The summed E-state index contributed by atoms with van der Waals surface area (Å²) in [4.78, 5) is 0. The van der Waals surface area contributed by atoms with Crippen molar-refractivity contribution < 1.29 is 49.0 Å². The van der Waals surface area contributed by atoms with E-state index in [4.69, 9.17) is 0 Å². The summed E-state index contributed by atoms with van der Waals surface area (Å²) in [6, 6.07) is 14.4. The van der Waals surface area contributed by atoms with Crippen molar-refractivity contribution in [1.82, 2.24) is 0 Å². The van der Waals surface area contributed by atoms with Gasteiger partial charge in [0, 0.05) is 0 Å². The summed E-state index contributed by atoms with van der Waals surface area (Å²) in [6.45, 7) is 27.4. The van der Waals surface area contributed by atoms with Crippen LogP contribution in [0, 0.1) is 5.41 Å². The SMILES string of the molecule is CC1=CC(C(C)(C)C)=CC1c1cc(C(C)(C)C)cc2c1[cH-]c1ccc(C(C)(C)C)cc12.C[C](C)=[Zr+2].[Cl-].[Cl-]. The average Bonchev–Trinajstić information content (AvgIpc) is 3.25. The summed E-state index contributed by atoms with van der Waals surface area (Å²) in [5, 5.41) is 5.58. The van der Waals surface area contributed by atoms with Crippen LogP contribution in [0.2, 0.25) is 0 Å². The van der Waals surface area contributed by atoms with Crippen LogP contribution in [0.4, 0.5) is 0 Å². The van der Waals surface area contributed by atoms with Crippen LogP contribution >= 0.6 is 0 Å². The van der Waals surface area contributed by atoms with Gasteiger partial charge in [-0.15, -0.1) is 33.7 Å². The zero-order chi connectivity index (χ0) is 26.5. The number of rotatable bonds is 1. The summed E-state index contributed by atoms with van der Waals surface area (Å²) < 4.78 is 1.51. The molecule has 0 saturated carbocycles. The number of hydrogen-bond donors (Lipinski definition) is 0. The maximum atomic E-state index is 2.51. The topological polar surface area (TPSA) is 0 Å². The van der Waals surface area contributed by atoms with Crippen molar-refractivity contribution in [3.05, 3.63) is 76.4 Å². The van der Waals surface area contributed by atoms with Crippen molar-refractivity contribution in [2.24, 2.45) is 5.41 Å². The van der Waals surface area contributed by atoms with Gasteiger partial charge in [0.15, 0.2) is 0 Å². The van der Waals surface area contributed by atoms with Crippen LogP contribution in [0.3, 0.4) is 0 Å². The van der Waals surface area contributed by atoms with E-state index in [1.54, 1.807) is 24.2 Å². The molecule has 0 fully saturated rings. The fourth-order valence-corrected chi connectivity index (χ4v) is 4.78. The molecular formula is C34H45Cl2Zr-. The van der Waals surface area contributed by atoms with E-state index in [-0.39, 0.29) is 41.1 Å². The molecule has 3 aromatic rings. The molecular weight excluding hydrogens is 571 g/mol. The number of hydrogen-bond acceptors (Lipinski definition) is 0. The largest absolute Gasteiger partial charge is 1.00 e. The molecule has 0 bridgehead atoms. The number of halogens is 2. The van der Waals surface area contributed by atoms with Crippen molar-refractivity contribution in [1.29, 1.82) is 0 Å². The van der Waals surface area contributed by atoms with Crippen LogP contribution < -0.4 is 24.8 Å². The van der Waals surface area contributed by atoms with Crippen molar-refractivity contribution >= 4 is 24.8 Å². The molecule has 1 aliphatic carbocycles. The van der Waals surface area contributed by atoms with E-state index in [1.807, 2.05) is 0 Å². The predicted octanol–water partition coefficient (Wildman–Crippen LogP) is 4.08. The van der Waals surface area contributed by atoms with Crippen LogP contribution in [0.1, 0.15) is 106 Å². The Morgan fingerprint density at radius 3 is 1.73 bits per heavy atom. The molecule has 0 nitrogen and oxygen atoms in total. The van der Waals surface area contributed by atoms with Crippen molar-refractivity contribution in [3.8, 4) is 0 Å². The van der Waals surface area contributed by atoms with Crippen LogP contribution in [-0.2, 0) is 35.1 Å². The smallest absolute Gasteiger partial charge is 1.00 e. The molecule has 3 aromatic carbocycles. The summed E-state index contributed by atoms with van der Waals surface area (Å²) >= 11 is 1.55. The first-order valence-electron chi connectivity index (χ1n) is 13.0. The first kappa shape index (κ1) is 34.2. The van der Waals surface area contributed by atoms with Crippen molar-refractivity contribution in [3.63, 3.8) is 0 Å². The number of fused-ring (bicyclic) bond motifs is 3. The second-order valence-corrected chi connectivity index (χ2v) is 16.2. The fraction of sp³-hybridized carbons (Fsp3) is 0.471. The first-order valence-corrected chi connectivity index (χ1v) is 14.2. The Labute approximate surface area is 253 Å². The van der Waals surface area contributed by atoms with Gasteiger partial charge in [-0.05, 0) is 34.7 Å². The van der Waals surface area contributed by atoms with E-state index < -0.39 is 0 Å². The molecule has 1 unspecified atom stereocenters. The molecule has 0 heterocycles. The minimum Gasteiger partial charge on any atom is -1.00 e. The third-order valence-electron chi connectivity index (χ3n) is 7.01. The molecule has 0 radical (unpaired) electrons. The molecule has 4 rings (SSSR count). The molecule has 0 N–H and O–H groups in total. The van der Waals surface area contributed by atoms with Gasteiger partial charge in [0.25, 0.3) is 0 Å². The number of benzene rings is 2. The summed E-state index contributed by atoms with van der Waals surface area (Å²) in [6.07, 6.45) is 4.93. The third-order valence-corrected chi connectivity index (χ3v) is 7.01. The van der Waals surface area contributed by atoms with Crippen LogP contribution in [-0.4, -0.2) is 3.21 Å². The van der Waals surface area contributed by atoms with Gasteiger partial charge in [-0.3, -0.25) is 0 Å². The molecule has 0 aromatic heterocycles. The van der Waals surface area contributed by atoms with E-state index in [0.29, 0.717) is 5.92 Å². The Morgan fingerprint density at radius 1 is 0.757 bits per heavy atom. The molecule has 1 aliphatic rings. The zero-order valence-electron chi connectivity index (χ0n) is 25.0. The molecule has 0 spiro atoms. The average molecular weight is 616 g/mol. The van der Waals surface area contributed by atoms with Crippen molar-refractivity contribution in [2.75, 3.05) is 0 Å². The molecule has 37 heavy (non-hydrogen) atoms. The minimum atomic E-state index is 0. The molecule has 0 amide bonds. The van der Waals surface area contributed by atoms with Gasteiger partial charge in [-0.1, -0.05) is 121 Å². The van der Waals surface area contributed by atoms with E-state index in [0.717, 1.165) is 0 Å². The standard InChI is InChI=1S/C31H39.C3H6.2ClH.Zr/c1-19-13-22(30(5,6)7)16-24(19)27-17-23(31(8,9)10)18-28-25-15-21(29(2,3)4)12-11-20(25)14-26(27)28;1-3-2;;;/h11-18,24H,1-10H3;1-2H3;2*1H;/q-1;;;;+2/p-2. The molecule has 3 heteroatoms. The third kappa shape index (κ3) is 7.84. The Hall–Kier alpha value is -0.877.